The van der Waals surface area contributed by atoms with Crippen molar-refractivity contribution in [3.63, 3.8) is 0 Å². The lowest BCUT2D eigenvalue weighted by molar-refractivity contribution is -0.131. The Morgan fingerprint density at radius 3 is 2.73 bits per heavy atom. The van der Waals surface area contributed by atoms with Gasteiger partial charge >= 0.3 is 5.97 Å². The van der Waals surface area contributed by atoms with Crippen molar-refractivity contribution in [3.8, 4) is 5.75 Å². The molecule has 22 heavy (non-hydrogen) atoms. The van der Waals surface area contributed by atoms with Crippen LogP contribution in [0.3, 0.4) is 0 Å². The van der Waals surface area contributed by atoms with Gasteiger partial charge in [-0.15, -0.1) is 0 Å². The van der Waals surface area contributed by atoms with E-state index in [-0.39, 0.29) is 5.78 Å². The number of benzene rings is 2. The summed E-state index contributed by atoms with van der Waals surface area (Å²) in [5.74, 6) is 0.0394. The summed E-state index contributed by atoms with van der Waals surface area (Å²) in [4.78, 5) is 25.2. The number of allylic oxidation sites excluding steroid dienone is 1. The molecule has 0 amide bonds. The Kier molecular flexibility index (Phi) is 4.18. The van der Waals surface area contributed by atoms with Crippen molar-refractivity contribution in [1.82, 2.24) is 0 Å². The number of hydrogen-bond acceptors (Lipinski definition) is 4. The normalized spacial score (nSPS) is 15.0. The molecule has 3 nitrogen and oxygen atoms in total. The number of esters is 1. The van der Waals surface area contributed by atoms with Gasteiger partial charge in [0.2, 0.25) is 5.78 Å². The monoisotopic (exact) mass is 374 g/mol. The van der Waals surface area contributed by atoms with Gasteiger partial charge in [-0.2, -0.15) is 0 Å². The van der Waals surface area contributed by atoms with Crippen LogP contribution in [0.25, 0.3) is 6.08 Å². The number of Topliss-reactive ketones (excluding diaryl/α,β-unsaturated/α-hetero) is 1. The maximum atomic E-state index is 12.4. The van der Waals surface area contributed by atoms with Gasteiger partial charge in [-0.1, -0.05) is 39.8 Å². The lowest BCUT2D eigenvalue weighted by atomic mass is 10.1. The predicted molar refractivity (Wildman–Crippen MR) is 90.1 cm³/mol. The van der Waals surface area contributed by atoms with Crippen LogP contribution in [0.4, 0.5) is 0 Å². The summed E-state index contributed by atoms with van der Waals surface area (Å²) in [6.45, 7) is 1.35. The first-order chi connectivity index (χ1) is 10.5. The summed E-state index contributed by atoms with van der Waals surface area (Å²) in [6, 6.07) is 12.8. The Labute approximate surface area is 140 Å². The van der Waals surface area contributed by atoms with E-state index in [0.29, 0.717) is 21.8 Å². The third-order valence-electron chi connectivity index (χ3n) is 3.09. The summed E-state index contributed by atoms with van der Waals surface area (Å²) in [5.41, 5.74) is 1.40. The largest absolute Gasteiger partial charge is 0.426 e. The van der Waals surface area contributed by atoms with E-state index in [1.54, 1.807) is 18.2 Å². The number of halogens is 1. The molecule has 0 radical (unpaired) electrons. The fourth-order valence-electron chi connectivity index (χ4n) is 2.16. The first kappa shape index (κ1) is 15.1. The lowest BCUT2D eigenvalue weighted by Crippen LogP contribution is -2.03. The van der Waals surface area contributed by atoms with Crippen LogP contribution in [0.2, 0.25) is 0 Å². The number of hydrogen-bond donors (Lipinski definition) is 0. The number of carbonyl (C=O) groups is 2. The van der Waals surface area contributed by atoms with Gasteiger partial charge in [0.15, 0.2) is 0 Å². The van der Waals surface area contributed by atoms with Crippen molar-refractivity contribution in [3.05, 3.63) is 63.0 Å². The molecule has 2 aromatic carbocycles. The summed E-state index contributed by atoms with van der Waals surface area (Å²) in [7, 11) is 0. The quantitative estimate of drug-likeness (QED) is 0.433. The minimum absolute atomic E-state index is 0.00523. The molecule has 3 rings (SSSR count). The SMILES string of the molecule is CC(=O)Oc1ccc(Br)cc1C=C1Sc2ccccc2C1=O. The van der Waals surface area contributed by atoms with E-state index in [1.165, 1.54) is 18.7 Å². The molecule has 0 atom stereocenters. The van der Waals surface area contributed by atoms with Gasteiger partial charge < -0.3 is 4.74 Å². The maximum Gasteiger partial charge on any atom is 0.308 e. The number of fused-ring (bicyclic) bond motifs is 1. The van der Waals surface area contributed by atoms with Gasteiger partial charge in [-0.25, -0.2) is 0 Å². The lowest BCUT2D eigenvalue weighted by Gasteiger charge is -2.06. The topological polar surface area (TPSA) is 43.4 Å². The molecule has 1 aliphatic rings. The molecular weight excluding hydrogens is 364 g/mol. The molecule has 0 aliphatic carbocycles. The zero-order chi connectivity index (χ0) is 15.7. The second kappa shape index (κ2) is 6.10. The van der Waals surface area contributed by atoms with Crippen molar-refractivity contribution in [2.75, 3.05) is 0 Å². The van der Waals surface area contributed by atoms with Gasteiger partial charge in [0.05, 0.1) is 4.91 Å². The second-order valence-electron chi connectivity index (χ2n) is 4.71. The standard InChI is InChI=1S/C17H11BrO3S/c1-10(19)21-14-7-6-12(18)8-11(14)9-16-17(20)13-4-2-3-5-15(13)22-16/h2-9H,1H3. The van der Waals surface area contributed by atoms with Crippen molar-refractivity contribution >= 4 is 45.5 Å². The molecule has 0 saturated heterocycles. The molecule has 0 bridgehead atoms. The summed E-state index contributed by atoms with van der Waals surface area (Å²) < 4.78 is 6.05. The van der Waals surface area contributed by atoms with Crippen LogP contribution in [0.1, 0.15) is 22.8 Å². The van der Waals surface area contributed by atoms with Crippen molar-refractivity contribution in [1.29, 1.82) is 0 Å². The van der Waals surface area contributed by atoms with E-state index in [1.807, 2.05) is 30.3 Å². The molecule has 0 spiro atoms. The number of rotatable bonds is 2. The van der Waals surface area contributed by atoms with E-state index >= 15 is 0 Å². The van der Waals surface area contributed by atoms with E-state index < -0.39 is 5.97 Å². The van der Waals surface area contributed by atoms with Crippen LogP contribution < -0.4 is 4.74 Å². The highest BCUT2D eigenvalue weighted by Gasteiger charge is 2.25. The Bertz CT molecular complexity index is 811. The van der Waals surface area contributed by atoms with Crippen LogP contribution in [-0.2, 0) is 4.79 Å². The fourth-order valence-corrected chi connectivity index (χ4v) is 3.58. The average molecular weight is 375 g/mol. The third-order valence-corrected chi connectivity index (χ3v) is 4.68. The second-order valence-corrected chi connectivity index (χ2v) is 6.71. The molecule has 0 fully saturated rings. The molecule has 0 saturated carbocycles. The van der Waals surface area contributed by atoms with E-state index in [9.17, 15) is 9.59 Å². The highest BCUT2D eigenvalue weighted by atomic mass is 79.9. The van der Waals surface area contributed by atoms with Gasteiger partial charge in [0.1, 0.15) is 5.75 Å². The van der Waals surface area contributed by atoms with Crippen molar-refractivity contribution < 1.29 is 14.3 Å². The summed E-state index contributed by atoms with van der Waals surface area (Å²) >= 11 is 4.82. The van der Waals surface area contributed by atoms with E-state index in [2.05, 4.69) is 15.9 Å². The maximum absolute atomic E-state index is 12.4. The fraction of sp³-hybridized carbons (Fsp3) is 0.0588. The van der Waals surface area contributed by atoms with Crippen LogP contribution in [-0.4, -0.2) is 11.8 Å². The minimum Gasteiger partial charge on any atom is -0.426 e. The molecule has 0 unspecified atom stereocenters. The number of thioether (sulfide) groups is 1. The van der Waals surface area contributed by atoms with Gasteiger partial charge in [0, 0.05) is 27.4 Å². The molecule has 0 aromatic heterocycles. The zero-order valence-corrected chi connectivity index (χ0v) is 14.0. The molecule has 0 N–H and O–H groups in total. The van der Waals surface area contributed by atoms with Crippen LogP contribution in [0, 0.1) is 0 Å². The molecule has 110 valence electrons. The predicted octanol–water partition coefficient (Wildman–Crippen LogP) is 4.70. The van der Waals surface area contributed by atoms with Crippen LogP contribution in [0.15, 0.2) is 56.7 Å². The van der Waals surface area contributed by atoms with E-state index in [0.717, 1.165) is 9.37 Å². The van der Waals surface area contributed by atoms with Gasteiger partial charge in [0.25, 0.3) is 0 Å². The molecule has 5 heteroatoms. The Hall–Kier alpha value is -1.85. The van der Waals surface area contributed by atoms with Gasteiger partial charge in [-0.3, -0.25) is 9.59 Å². The molecular formula is C17H11BrO3S. The Morgan fingerprint density at radius 1 is 1.23 bits per heavy atom. The first-order valence-corrected chi connectivity index (χ1v) is 8.17. The smallest absolute Gasteiger partial charge is 0.308 e. The summed E-state index contributed by atoms with van der Waals surface area (Å²) in [5, 5.41) is 0. The van der Waals surface area contributed by atoms with Crippen LogP contribution >= 0.6 is 27.7 Å². The molecule has 2 aromatic rings. The Morgan fingerprint density at radius 2 is 2.00 bits per heavy atom. The van der Waals surface area contributed by atoms with Gasteiger partial charge in [-0.05, 0) is 36.4 Å². The Balaban J connectivity index is 2.01. The van der Waals surface area contributed by atoms with Crippen LogP contribution in [0.5, 0.6) is 5.75 Å². The van der Waals surface area contributed by atoms with Crippen molar-refractivity contribution in [2.24, 2.45) is 0 Å². The van der Waals surface area contributed by atoms with E-state index in [4.69, 9.17) is 4.74 Å². The average Bonchev–Trinajstić information content (AvgIpc) is 2.79. The summed E-state index contributed by atoms with van der Waals surface area (Å²) in [6.07, 6.45) is 1.76. The first-order valence-electron chi connectivity index (χ1n) is 6.56. The minimum atomic E-state index is -0.393. The highest BCUT2D eigenvalue weighted by molar-refractivity contribution is 9.10. The molecule has 1 heterocycles. The number of carbonyl (C=O) groups excluding carboxylic acids is 2. The zero-order valence-electron chi connectivity index (χ0n) is 11.6. The number of ketones is 1. The molecule has 1 aliphatic heterocycles. The third kappa shape index (κ3) is 3.00. The highest BCUT2D eigenvalue weighted by Crippen LogP contribution is 2.41. The number of ether oxygens (including phenoxy) is 1. The van der Waals surface area contributed by atoms with Crippen molar-refractivity contribution in [2.45, 2.75) is 11.8 Å².